The van der Waals surface area contributed by atoms with Crippen LogP contribution in [0.4, 0.5) is 5.69 Å². The Bertz CT molecular complexity index is 784. The Balaban J connectivity index is 2.28. The highest BCUT2D eigenvalue weighted by Gasteiger charge is 2.15. The van der Waals surface area contributed by atoms with Crippen LogP contribution >= 0.6 is 11.8 Å². The maximum Gasteiger partial charge on any atom is 0.271 e. The van der Waals surface area contributed by atoms with Crippen molar-refractivity contribution in [3.05, 3.63) is 58.6 Å². The molecule has 1 heterocycles. The van der Waals surface area contributed by atoms with Crippen LogP contribution < -0.4 is 0 Å². The van der Waals surface area contributed by atoms with Crippen LogP contribution in [0.25, 0.3) is 16.7 Å². The molecule has 100 valence electrons. The summed E-state index contributed by atoms with van der Waals surface area (Å²) in [6.45, 7) is 0. The Labute approximate surface area is 119 Å². The first-order chi connectivity index (χ1) is 9.70. The van der Waals surface area contributed by atoms with Crippen molar-refractivity contribution in [3.8, 4) is 5.69 Å². The predicted octanol–water partition coefficient (Wildman–Crippen LogP) is 3.66. The van der Waals surface area contributed by atoms with E-state index in [-0.39, 0.29) is 5.69 Å². The Kier molecular flexibility index (Phi) is 3.15. The fourth-order valence-corrected chi connectivity index (χ4v) is 2.70. The number of thioether (sulfide) groups is 1. The lowest BCUT2D eigenvalue weighted by Gasteiger charge is -2.06. The summed E-state index contributed by atoms with van der Waals surface area (Å²) < 4.78 is 2.00. The Morgan fingerprint density at radius 3 is 2.60 bits per heavy atom. The van der Waals surface area contributed by atoms with E-state index in [9.17, 15) is 10.1 Å². The maximum absolute atomic E-state index is 10.8. The number of nitro groups is 1. The summed E-state index contributed by atoms with van der Waals surface area (Å²) in [4.78, 5) is 14.9. The van der Waals surface area contributed by atoms with Gasteiger partial charge in [-0.2, -0.15) is 0 Å². The van der Waals surface area contributed by atoms with Gasteiger partial charge in [0.25, 0.3) is 5.69 Å². The number of hydrogen-bond donors (Lipinski definition) is 0. The minimum atomic E-state index is -0.403. The van der Waals surface area contributed by atoms with Crippen LogP contribution in [0.15, 0.2) is 53.7 Å². The third-order valence-electron chi connectivity index (χ3n) is 3.02. The molecule has 0 fully saturated rings. The Morgan fingerprint density at radius 1 is 1.20 bits per heavy atom. The molecule has 0 saturated heterocycles. The largest absolute Gasteiger partial charge is 0.287 e. The molecule has 3 aromatic rings. The zero-order valence-electron chi connectivity index (χ0n) is 10.7. The van der Waals surface area contributed by atoms with Gasteiger partial charge in [-0.1, -0.05) is 30.0 Å². The van der Waals surface area contributed by atoms with Crippen molar-refractivity contribution in [1.29, 1.82) is 0 Å². The first-order valence-electron chi connectivity index (χ1n) is 5.97. The molecule has 0 spiro atoms. The van der Waals surface area contributed by atoms with Gasteiger partial charge < -0.3 is 0 Å². The molecule has 0 aliphatic carbocycles. The standard InChI is InChI=1S/C14H11N3O2S/c1-20-14-15-12-9-11(17(18)19)7-8-13(12)16(14)10-5-3-2-4-6-10/h2-9H,1H3. The van der Waals surface area contributed by atoms with Crippen LogP contribution in [0.5, 0.6) is 0 Å². The van der Waals surface area contributed by atoms with Gasteiger partial charge in [0, 0.05) is 17.8 Å². The van der Waals surface area contributed by atoms with Gasteiger partial charge in [0.1, 0.15) is 0 Å². The SMILES string of the molecule is CSc1nc2cc([N+](=O)[O-])ccc2n1-c1ccccc1. The fraction of sp³-hybridized carbons (Fsp3) is 0.0714. The second-order valence-electron chi connectivity index (χ2n) is 4.20. The molecule has 0 saturated carbocycles. The van der Waals surface area contributed by atoms with Crippen molar-refractivity contribution in [2.75, 3.05) is 6.26 Å². The number of benzene rings is 2. The summed E-state index contributed by atoms with van der Waals surface area (Å²) in [5.74, 6) is 0. The zero-order valence-corrected chi connectivity index (χ0v) is 11.5. The van der Waals surface area contributed by atoms with Crippen molar-refractivity contribution in [2.24, 2.45) is 0 Å². The number of para-hydroxylation sites is 1. The van der Waals surface area contributed by atoms with E-state index in [0.717, 1.165) is 16.4 Å². The van der Waals surface area contributed by atoms with Gasteiger partial charge in [0.2, 0.25) is 0 Å². The summed E-state index contributed by atoms with van der Waals surface area (Å²) in [5.41, 5.74) is 2.55. The number of aromatic nitrogens is 2. The Morgan fingerprint density at radius 2 is 1.95 bits per heavy atom. The molecule has 0 aliphatic rings. The molecule has 0 bridgehead atoms. The average Bonchev–Trinajstić information content (AvgIpc) is 2.85. The first-order valence-corrected chi connectivity index (χ1v) is 7.19. The molecule has 3 rings (SSSR count). The lowest BCUT2D eigenvalue weighted by molar-refractivity contribution is -0.384. The van der Waals surface area contributed by atoms with E-state index >= 15 is 0 Å². The number of imidazole rings is 1. The van der Waals surface area contributed by atoms with Crippen LogP contribution in [0.3, 0.4) is 0 Å². The van der Waals surface area contributed by atoms with Gasteiger partial charge in [-0.15, -0.1) is 0 Å². The van der Waals surface area contributed by atoms with Gasteiger partial charge in [0.05, 0.1) is 16.0 Å². The molecule has 0 unspecified atom stereocenters. The molecule has 2 aromatic carbocycles. The smallest absolute Gasteiger partial charge is 0.271 e. The first kappa shape index (κ1) is 12.7. The van der Waals surface area contributed by atoms with E-state index in [2.05, 4.69) is 4.98 Å². The van der Waals surface area contributed by atoms with Gasteiger partial charge in [-0.25, -0.2) is 4.98 Å². The number of non-ortho nitro benzene ring substituents is 1. The topological polar surface area (TPSA) is 61.0 Å². The second-order valence-corrected chi connectivity index (χ2v) is 4.97. The number of fused-ring (bicyclic) bond motifs is 1. The third-order valence-corrected chi connectivity index (χ3v) is 3.65. The van der Waals surface area contributed by atoms with Crippen LogP contribution in [0.2, 0.25) is 0 Å². The molecule has 20 heavy (non-hydrogen) atoms. The van der Waals surface area contributed by atoms with E-state index < -0.39 is 4.92 Å². The van der Waals surface area contributed by atoms with Crippen molar-refractivity contribution < 1.29 is 4.92 Å². The van der Waals surface area contributed by atoms with Crippen molar-refractivity contribution >= 4 is 28.5 Å². The molecular weight excluding hydrogens is 274 g/mol. The molecule has 0 amide bonds. The number of rotatable bonds is 3. The van der Waals surface area contributed by atoms with Crippen LogP contribution in [0, 0.1) is 10.1 Å². The van der Waals surface area contributed by atoms with E-state index in [1.54, 1.807) is 6.07 Å². The maximum atomic E-state index is 10.8. The van der Waals surface area contributed by atoms with Gasteiger partial charge in [-0.05, 0) is 24.5 Å². The summed E-state index contributed by atoms with van der Waals surface area (Å²) in [6.07, 6.45) is 1.94. The van der Waals surface area contributed by atoms with Gasteiger partial charge in [-0.3, -0.25) is 14.7 Å². The minimum Gasteiger partial charge on any atom is -0.287 e. The van der Waals surface area contributed by atoms with E-state index in [1.165, 1.54) is 23.9 Å². The van der Waals surface area contributed by atoms with Gasteiger partial charge >= 0.3 is 0 Å². The van der Waals surface area contributed by atoms with Crippen molar-refractivity contribution in [2.45, 2.75) is 5.16 Å². The monoisotopic (exact) mass is 285 g/mol. The predicted molar refractivity (Wildman–Crippen MR) is 79.5 cm³/mol. The molecule has 0 N–H and O–H groups in total. The lowest BCUT2D eigenvalue weighted by atomic mass is 10.2. The molecule has 6 heteroatoms. The van der Waals surface area contributed by atoms with Gasteiger partial charge in [0.15, 0.2) is 5.16 Å². The van der Waals surface area contributed by atoms with E-state index in [1.807, 2.05) is 41.2 Å². The zero-order chi connectivity index (χ0) is 14.1. The second kappa shape index (κ2) is 4.97. The van der Waals surface area contributed by atoms with Crippen LogP contribution in [-0.4, -0.2) is 20.7 Å². The third kappa shape index (κ3) is 2.04. The minimum absolute atomic E-state index is 0.0582. The van der Waals surface area contributed by atoms with Crippen molar-refractivity contribution in [3.63, 3.8) is 0 Å². The highest BCUT2D eigenvalue weighted by molar-refractivity contribution is 7.98. The Hall–Kier alpha value is -2.34. The lowest BCUT2D eigenvalue weighted by Crippen LogP contribution is -1.95. The van der Waals surface area contributed by atoms with E-state index in [0.29, 0.717) is 5.52 Å². The molecule has 0 atom stereocenters. The highest BCUT2D eigenvalue weighted by Crippen LogP contribution is 2.28. The summed E-state index contributed by atoms with van der Waals surface area (Å²) in [5, 5.41) is 11.7. The van der Waals surface area contributed by atoms with Crippen LogP contribution in [-0.2, 0) is 0 Å². The number of hydrogen-bond acceptors (Lipinski definition) is 4. The average molecular weight is 285 g/mol. The molecule has 1 aromatic heterocycles. The number of nitrogens with zero attached hydrogens (tertiary/aromatic N) is 3. The molecule has 5 nitrogen and oxygen atoms in total. The molecular formula is C14H11N3O2S. The molecule has 0 aliphatic heterocycles. The quantitative estimate of drug-likeness (QED) is 0.418. The van der Waals surface area contributed by atoms with Crippen LogP contribution in [0.1, 0.15) is 0 Å². The van der Waals surface area contributed by atoms with E-state index in [4.69, 9.17) is 0 Å². The molecule has 0 radical (unpaired) electrons. The highest BCUT2D eigenvalue weighted by atomic mass is 32.2. The summed E-state index contributed by atoms with van der Waals surface area (Å²) >= 11 is 1.51. The van der Waals surface area contributed by atoms with Crippen molar-refractivity contribution in [1.82, 2.24) is 9.55 Å². The fourth-order valence-electron chi connectivity index (χ4n) is 2.12. The summed E-state index contributed by atoms with van der Waals surface area (Å²) in [6, 6.07) is 14.6. The number of nitro benzene ring substituents is 1. The summed E-state index contributed by atoms with van der Waals surface area (Å²) in [7, 11) is 0. The normalized spacial score (nSPS) is 10.8.